The van der Waals surface area contributed by atoms with Gasteiger partial charge in [-0.2, -0.15) is 0 Å². The maximum Gasteiger partial charge on any atom is -0.00489 e. The minimum absolute atomic E-state index is 1.24. The van der Waals surface area contributed by atoms with E-state index in [1.54, 1.807) is 0 Å². The van der Waals surface area contributed by atoms with Gasteiger partial charge in [-0.25, -0.2) is 0 Å². The zero-order chi connectivity index (χ0) is 19.0. The lowest BCUT2D eigenvalue weighted by Crippen LogP contribution is -2.16. The van der Waals surface area contributed by atoms with E-state index < -0.39 is 0 Å². The maximum atomic E-state index is 3.64. The van der Waals surface area contributed by atoms with Crippen LogP contribution in [0.15, 0.2) is 0 Å². The Balaban J connectivity index is 2.95. The number of unbranched alkanes of at least 4 members (excludes halogenated alkanes) is 19. The molecule has 1 nitrogen and oxygen atoms in total. The molecular formula is C25H53N. The molecule has 0 radical (unpaired) electrons. The molecule has 0 aromatic carbocycles. The van der Waals surface area contributed by atoms with Crippen molar-refractivity contribution in [3.8, 4) is 0 Å². The van der Waals surface area contributed by atoms with E-state index in [4.69, 9.17) is 0 Å². The summed E-state index contributed by atoms with van der Waals surface area (Å²) in [4.78, 5) is 0. The fraction of sp³-hybridized carbons (Fsp3) is 1.00. The Morgan fingerprint density at radius 3 is 0.808 bits per heavy atom. The van der Waals surface area contributed by atoms with Gasteiger partial charge in [-0.3, -0.25) is 0 Å². The highest BCUT2D eigenvalue weighted by Crippen LogP contribution is 2.11. The molecule has 0 aliphatic rings. The predicted molar refractivity (Wildman–Crippen MR) is 121 cm³/mol. The Bertz CT molecular complexity index is 202. The molecule has 0 heterocycles. The molecule has 0 aromatic rings. The minimum atomic E-state index is 1.24. The van der Waals surface area contributed by atoms with E-state index in [-0.39, 0.29) is 0 Å². The molecule has 26 heavy (non-hydrogen) atoms. The van der Waals surface area contributed by atoms with Crippen LogP contribution in [0.5, 0.6) is 0 Å². The number of hydrogen-bond donors (Lipinski definition) is 1. The predicted octanol–water partition coefficient (Wildman–Crippen LogP) is 8.81. The van der Waals surface area contributed by atoms with Gasteiger partial charge in [0.05, 0.1) is 0 Å². The third-order valence-corrected chi connectivity index (χ3v) is 5.66. The smallest absolute Gasteiger partial charge is 0.00489 e. The van der Waals surface area contributed by atoms with E-state index in [0.29, 0.717) is 0 Å². The van der Waals surface area contributed by atoms with E-state index in [0.717, 1.165) is 0 Å². The first-order valence-corrected chi connectivity index (χ1v) is 12.6. The Kier molecular flexibility index (Phi) is 24.9. The maximum absolute atomic E-state index is 3.64. The van der Waals surface area contributed by atoms with E-state index in [1.807, 2.05) is 0 Å². The van der Waals surface area contributed by atoms with Crippen molar-refractivity contribution in [2.24, 2.45) is 0 Å². The summed E-state index contributed by atoms with van der Waals surface area (Å²) in [5.74, 6) is 0. The average Bonchev–Trinajstić information content (AvgIpc) is 2.66. The van der Waals surface area contributed by atoms with E-state index in [1.165, 1.54) is 148 Å². The Labute approximate surface area is 167 Å². The van der Waals surface area contributed by atoms with Crippen LogP contribution in [0.25, 0.3) is 0 Å². The summed E-state index contributed by atoms with van der Waals surface area (Å²) in [6.07, 6.45) is 30.3. The molecule has 0 saturated carbocycles. The largest absolute Gasteiger partial charge is 0.317 e. The topological polar surface area (TPSA) is 12.0 Å². The minimum Gasteiger partial charge on any atom is -0.317 e. The van der Waals surface area contributed by atoms with Crippen molar-refractivity contribution in [2.75, 3.05) is 13.1 Å². The molecule has 0 aliphatic carbocycles. The van der Waals surface area contributed by atoms with Crippen molar-refractivity contribution in [3.63, 3.8) is 0 Å². The second kappa shape index (κ2) is 25.0. The van der Waals surface area contributed by atoms with Crippen LogP contribution in [0.4, 0.5) is 0 Å². The van der Waals surface area contributed by atoms with Gasteiger partial charge >= 0.3 is 0 Å². The average molecular weight is 368 g/mol. The van der Waals surface area contributed by atoms with Crippen molar-refractivity contribution in [1.29, 1.82) is 0 Å². The van der Waals surface area contributed by atoms with Crippen molar-refractivity contribution >= 4 is 0 Å². The van der Waals surface area contributed by atoms with E-state index >= 15 is 0 Å². The molecule has 0 aromatic heterocycles. The van der Waals surface area contributed by atoms with Crippen LogP contribution in [0.3, 0.4) is 0 Å². The monoisotopic (exact) mass is 367 g/mol. The van der Waals surface area contributed by atoms with Gasteiger partial charge in [0.2, 0.25) is 0 Å². The summed E-state index contributed by atoms with van der Waals surface area (Å²) < 4.78 is 0. The van der Waals surface area contributed by atoms with Gasteiger partial charge in [0, 0.05) is 0 Å². The lowest BCUT2D eigenvalue weighted by Gasteiger charge is -2.05. The summed E-state index contributed by atoms with van der Waals surface area (Å²) >= 11 is 0. The standard InChI is InChI=1S/C25H53N/c1-3-5-7-9-11-13-15-17-19-21-23-25-26-24-22-20-18-16-14-12-10-8-6-4-2/h26H,3-25H2,1-2H3. The zero-order valence-electron chi connectivity index (χ0n) is 18.8. The molecule has 1 heteroatoms. The Morgan fingerprint density at radius 1 is 0.308 bits per heavy atom. The molecule has 0 unspecified atom stereocenters. The van der Waals surface area contributed by atoms with Crippen LogP contribution in [0.1, 0.15) is 149 Å². The van der Waals surface area contributed by atoms with Crippen molar-refractivity contribution in [2.45, 2.75) is 149 Å². The van der Waals surface area contributed by atoms with Gasteiger partial charge in [-0.1, -0.05) is 136 Å². The molecule has 0 rings (SSSR count). The fourth-order valence-corrected chi connectivity index (χ4v) is 3.78. The normalized spacial score (nSPS) is 11.3. The molecule has 0 saturated heterocycles. The van der Waals surface area contributed by atoms with E-state index in [9.17, 15) is 0 Å². The molecule has 0 spiro atoms. The van der Waals surface area contributed by atoms with Crippen LogP contribution < -0.4 is 5.32 Å². The zero-order valence-corrected chi connectivity index (χ0v) is 18.8. The van der Waals surface area contributed by atoms with Gasteiger partial charge in [0.15, 0.2) is 0 Å². The van der Waals surface area contributed by atoms with Gasteiger partial charge in [0.25, 0.3) is 0 Å². The van der Waals surface area contributed by atoms with Crippen molar-refractivity contribution < 1.29 is 0 Å². The first-order chi connectivity index (χ1) is 12.9. The van der Waals surface area contributed by atoms with Gasteiger partial charge in [-0.05, 0) is 25.9 Å². The highest BCUT2D eigenvalue weighted by molar-refractivity contribution is 4.53. The molecule has 0 amide bonds. The molecule has 0 bridgehead atoms. The highest BCUT2D eigenvalue weighted by atomic mass is 14.8. The van der Waals surface area contributed by atoms with Gasteiger partial charge in [-0.15, -0.1) is 0 Å². The van der Waals surface area contributed by atoms with Gasteiger partial charge < -0.3 is 5.32 Å². The van der Waals surface area contributed by atoms with Crippen LogP contribution in [0, 0.1) is 0 Å². The summed E-state index contributed by atoms with van der Waals surface area (Å²) in [5, 5.41) is 3.64. The summed E-state index contributed by atoms with van der Waals surface area (Å²) in [6.45, 7) is 7.08. The molecule has 0 atom stereocenters. The lowest BCUT2D eigenvalue weighted by atomic mass is 10.1. The van der Waals surface area contributed by atoms with Crippen LogP contribution in [0.2, 0.25) is 0 Å². The Morgan fingerprint density at radius 2 is 0.538 bits per heavy atom. The summed E-state index contributed by atoms with van der Waals surface area (Å²) in [5.41, 5.74) is 0. The molecular weight excluding hydrogens is 314 g/mol. The van der Waals surface area contributed by atoms with Crippen LogP contribution in [-0.4, -0.2) is 13.1 Å². The lowest BCUT2D eigenvalue weighted by molar-refractivity contribution is 0.524. The molecule has 1 N–H and O–H groups in total. The molecule has 158 valence electrons. The number of hydrogen-bond acceptors (Lipinski definition) is 1. The quantitative estimate of drug-likeness (QED) is 0.178. The second-order valence-corrected chi connectivity index (χ2v) is 8.47. The molecule has 0 aliphatic heterocycles. The van der Waals surface area contributed by atoms with E-state index in [2.05, 4.69) is 19.2 Å². The summed E-state index contributed by atoms with van der Waals surface area (Å²) in [6, 6.07) is 0. The van der Waals surface area contributed by atoms with Crippen molar-refractivity contribution in [1.82, 2.24) is 5.32 Å². The third kappa shape index (κ3) is 24.0. The van der Waals surface area contributed by atoms with Crippen molar-refractivity contribution in [3.05, 3.63) is 0 Å². The highest BCUT2D eigenvalue weighted by Gasteiger charge is 1.95. The number of nitrogens with one attached hydrogen (secondary N) is 1. The van der Waals surface area contributed by atoms with Gasteiger partial charge in [0.1, 0.15) is 0 Å². The first-order valence-electron chi connectivity index (χ1n) is 12.6. The number of rotatable bonds is 23. The molecule has 0 fully saturated rings. The van der Waals surface area contributed by atoms with Crippen LogP contribution in [-0.2, 0) is 0 Å². The van der Waals surface area contributed by atoms with Crippen LogP contribution >= 0.6 is 0 Å². The first kappa shape index (κ1) is 26.0. The SMILES string of the molecule is CCCCCCCCCCCCCNCCCCCCCCCCCC. The second-order valence-electron chi connectivity index (χ2n) is 8.47. The summed E-state index contributed by atoms with van der Waals surface area (Å²) in [7, 11) is 0. The Hall–Kier alpha value is -0.0400. The third-order valence-electron chi connectivity index (χ3n) is 5.66. The fourth-order valence-electron chi connectivity index (χ4n) is 3.78.